The van der Waals surface area contributed by atoms with E-state index < -0.39 is 11.4 Å². The second-order valence-corrected chi connectivity index (χ2v) is 4.72. The molecular weight excluding hydrogens is 207 g/mol. The van der Waals surface area contributed by atoms with Crippen LogP contribution in [-0.4, -0.2) is 12.2 Å². The average Bonchev–Trinajstić information content (AvgIpc) is 2.14. The van der Waals surface area contributed by atoms with Crippen LogP contribution in [0.15, 0.2) is 18.2 Å². The van der Waals surface area contributed by atoms with Gasteiger partial charge >= 0.3 is 0 Å². The molecule has 1 aromatic rings. The van der Waals surface area contributed by atoms with Crippen molar-refractivity contribution in [3.05, 3.63) is 29.6 Å². The van der Waals surface area contributed by atoms with Gasteiger partial charge in [-0.15, -0.1) is 0 Å². The topological polar surface area (TPSA) is 29.5 Å². The molecule has 1 unspecified atom stereocenters. The minimum absolute atomic E-state index is 0.302. The zero-order valence-electron chi connectivity index (χ0n) is 10.2. The zero-order valence-corrected chi connectivity index (χ0v) is 10.2. The second-order valence-electron chi connectivity index (χ2n) is 4.72. The van der Waals surface area contributed by atoms with Gasteiger partial charge in [-0.3, -0.25) is 0 Å². The van der Waals surface area contributed by atoms with Gasteiger partial charge in [0, 0.05) is 11.6 Å². The Hall–Kier alpha value is -1.09. The predicted octanol–water partition coefficient (Wildman–Crippen LogP) is 3.09. The van der Waals surface area contributed by atoms with Crippen LogP contribution in [0.4, 0.5) is 4.39 Å². The highest BCUT2D eigenvalue weighted by molar-refractivity contribution is 5.32. The largest absolute Gasteiger partial charge is 0.497 e. The van der Waals surface area contributed by atoms with Gasteiger partial charge < -0.3 is 9.84 Å². The molecule has 2 nitrogen and oxygen atoms in total. The number of halogens is 1. The van der Waals surface area contributed by atoms with Crippen molar-refractivity contribution in [2.45, 2.75) is 32.8 Å². The Labute approximate surface area is 96.1 Å². The SMILES string of the molecule is COc1ccc(C(C)(O)CC(C)C)c(F)c1. The molecule has 1 N–H and O–H groups in total. The van der Waals surface area contributed by atoms with Crippen molar-refractivity contribution in [2.75, 3.05) is 7.11 Å². The Morgan fingerprint density at radius 2 is 2.06 bits per heavy atom. The highest BCUT2D eigenvalue weighted by atomic mass is 19.1. The van der Waals surface area contributed by atoms with Crippen molar-refractivity contribution in [2.24, 2.45) is 5.92 Å². The molecule has 0 amide bonds. The Morgan fingerprint density at radius 1 is 1.44 bits per heavy atom. The molecule has 0 radical (unpaired) electrons. The molecule has 1 rings (SSSR count). The van der Waals surface area contributed by atoms with Gasteiger partial charge in [0.15, 0.2) is 0 Å². The van der Waals surface area contributed by atoms with E-state index in [0.717, 1.165) is 0 Å². The van der Waals surface area contributed by atoms with Crippen LogP contribution in [0, 0.1) is 11.7 Å². The molecule has 0 aliphatic rings. The molecule has 0 aliphatic heterocycles. The maximum absolute atomic E-state index is 13.7. The fourth-order valence-electron chi connectivity index (χ4n) is 1.96. The molecule has 1 atom stereocenters. The number of benzene rings is 1. The van der Waals surface area contributed by atoms with Gasteiger partial charge in [0.25, 0.3) is 0 Å². The zero-order chi connectivity index (χ0) is 12.3. The van der Waals surface area contributed by atoms with E-state index in [1.54, 1.807) is 19.1 Å². The molecule has 0 heterocycles. The third-order valence-corrected chi connectivity index (χ3v) is 2.56. The summed E-state index contributed by atoms with van der Waals surface area (Å²) >= 11 is 0. The summed E-state index contributed by atoms with van der Waals surface area (Å²) in [4.78, 5) is 0. The molecule has 90 valence electrons. The Kier molecular flexibility index (Phi) is 3.92. The van der Waals surface area contributed by atoms with Gasteiger partial charge in [0.2, 0.25) is 0 Å². The van der Waals surface area contributed by atoms with Crippen LogP contribution in [0.25, 0.3) is 0 Å². The van der Waals surface area contributed by atoms with Gasteiger partial charge in [-0.25, -0.2) is 4.39 Å². The molecule has 0 spiro atoms. The number of ether oxygens (including phenoxy) is 1. The Balaban J connectivity index is 3.03. The van der Waals surface area contributed by atoms with E-state index in [-0.39, 0.29) is 0 Å². The van der Waals surface area contributed by atoms with Crippen molar-refractivity contribution >= 4 is 0 Å². The maximum atomic E-state index is 13.7. The van der Waals surface area contributed by atoms with Crippen molar-refractivity contribution in [1.82, 2.24) is 0 Å². The lowest BCUT2D eigenvalue weighted by Crippen LogP contribution is -2.24. The minimum Gasteiger partial charge on any atom is -0.497 e. The quantitative estimate of drug-likeness (QED) is 0.854. The van der Waals surface area contributed by atoms with Crippen molar-refractivity contribution in [3.63, 3.8) is 0 Å². The summed E-state index contributed by atoms with van der Waals surface area (Å²) in [6.45, 7) is 5.63. The molecule has 0 fully saturated rings. The molecule has 3 heteroatoms. The normalized spacial score (nSPS) is 14.9. The van der Waals surface area contributed by atoms with Gasteiger partial charge in [0.05, 0.1) is 12.7 Å². The number of hydrogen-bond acceptors (Lipinski definition) is 2. The van der Waals surface area contributed by atoms with Crippen LogP contribution in [0.3, 0.4) is 0 Å². The summed E-state index contributed by atoms with van der Waals surface area (Å²) < 4.78 is 18.7. The number of aliphatic hydroxyl groups is 1. The van der Waals surface area contributed by atoms with Gasteiger partial charge in [-0.2, -0.15) is 0 Å². The first kappa shape index (κ1) is 13.0. The maximum Gasteiger partial charge on any atom is 0.132 e. The summed E-state index contributed by atoms with van der Waals surface area (Å²) in [5.74, 6) is 0.336. The molecule has 0 aliphatic carbocycles. The van der Waals surface area contributed by atoms with Crippen LogP contribution >= 0.6 is 0 Å². The van der Waals surface area contributed by atoms with Gasteiger partial charge in [-0.1, -0.05) is 13.8 Å². The molecule has 0 saturated heterocycles. The van der Waals surface area contributed by atoms with E-state index in [1.807, 2.05) is 13.8 Å². The average molecular weight is 226 g/mol. The summed E-state index contributed by atoms with van der Waals surface area (Å²) in [5, 5.41) is 10.2. The molecule has 0 saturated carbocycles. The molecule has 16 heavy (non-hydrogen) atoms. The summed E-state index contributed by atoms with van der Waals surface area (Å²) in [7, 11) is 1.49. The molecular formula is C13H19FO2. The lowest BCUT2D eigenvalue weighted by atomic mass is 9.87. The first-order chi connectivity index (χ1) is 7.36. The first-order valence-corrected chi connectivity index (χ1v) is 5.43. The monoisotopic (exact) mass is 226 g/mol. The van der Waals surface area contributed by atoms with E-state index >= 15 is 0 Å². The van der Waals surface area contributed by atoms with Crippen LogP contribution in [0.5, 0.6) is 5.75 Å². The summed E-state index contributed by atoms with van der Waals surface area (Å²) in [5.41, 5.74) is -0.813. The van der Waals surface area contributed by atoms with Gasteiger partial charge in [-0.05, 0) is 31.4 Å². The molecule has 1 aromatic carbocycles. The molecule has 0 bridgehead atoms. The molecule has 0 aromatic heterocycles. The lowest BCUT2D eigenvalue weighted by Gasteiger charge is -2.26. The lowest BCUT2D eigenvalue weighted by molar-refractivity contribution is 0.0313. The van der Waals surface area contributed by atoms with E-state index in [9.17, 15) is 9.50 Å². The van der Waals surface area contributed by atoms with Crippen LogP contribution in [0.1, 0.15) is 32.8 Å². The third kappa shape index (κ3) is 2.95. The van der Waals surface area contributed by atoms with Crippen molar-refractivity contribution in [3.8, 4) is 5.75 Å². The second kappa shape index (κ2) is 4.83. The predicted molar refractivity (Wildman–Crippen MR) is 62.0 cm³/mol. The van der Waals surface area contributed by atoms with E-state index in [1.165, 1.54) is 13.2 Å². The Morgan fingerprint density at radius 3 is 2.50 bits per heavy atom. The highest BCUT2D eigenvalue weighted by Crippen LogP contribution is 2.31. The van der Waals surface area contributed by atoms with E-state index in [4.69, 9.17) is 4.74 Å². The summed E-state index contributed by atoms with van der Waals surface area (Å²) in [6, 6.07) is 4.54. The van der Waals surface area contributed by atoms with E-state index in [0.29, 0.717) is 23.7 Å². The Bertz CT molecular complexity index is 359. The number of methoxy groups -OCH3 is 1. The standard InChI is InChI=1S/C13H19FO2/c1-9(2)8-13(3,15)11-6-5-10(16-4)7-12(11)14/h5-7,9,15H,8H2,1-4H3. The van der Waals surface area contributed by atoms with Crippen molar-refractivity contribution in [1.29, 1.82) is 0 Å². The fourth-order valence-corrected chi connectivity index (χ4v) is 1.96. The highest BCUT2D eigenvalue weighted by Gasteiger charge is 2.27. The van der Waals surface area contributed by atoms with Crippen LogP contribution < -0.4 is 4.74 Å². The van der Waals surface area contributed by atoms with Gasteiger partial charge in [0.1, 0.15) is 11.6 Å². The number of rotatable bonds is 4. The van der Waals surface area contributed by atoms with E-state index in [2.05, 4.69) is 0 Å². The minimum atomic E-state index is -1.13. The van der Waals surface area contributed by atoms with Crippen LogP contribution in [-0.2, 0) is 5.60 Å². The smallest absolute Gasteiger partial charge is 0.132 e. The van der Waals surface area contributed by atoms with Crippen molar-refractivity contribution < 1.29 is 14.2 Å². The number of hydrogen-bond donors (Lipinski definition) is 1. The van der Waals surface area contributed by atoms with Crippen LogP contribution in [0.2, 0.25) is 0 Å². The first-order valence-electron chi connectivity index (χ1n) is 5.43. The fraction of sp³-hybridized carbons (Fsp3) is 0.538. The third-order valence-electron chi connectivity index (χ3n) is 2.56. The summed E-state index contributed by atoms with van der Waals surface area (Å²) in [6.07, 6.45) is 0.524.